The average molecular weight is 310 g/mol. The van der Waals surface area contributed by atoms with Gasteiger partial charge in [0.1, 0.15) is 5.69 Å². The average Bonchev–Trinajstić information content (AvgIpc) is 3.03. The summed E-state index contributed by atoms with van der Waals surface area (Å²) in [6, 6.07) is 15.2. The minimum Gasteiger partial charge on any atom is -0.388 e. The SMILES string of the molecule is Cc1cccc(C(=O)N2CCCC2CC(O)c2ccccc2)n1. The van der Waals surface area contributed by atoms with Gasteiger partial charge in [-0.2, -0.15) is 0 Å². The summed E-state index contributed by atoms with van der Waals surface area (Å²) in [5, 5.41) is 10.4. The first kappa shape index (κ1) is 15.7. The van der Waals surface area contributed by atoms with Crippen LogP contribution in [-0.4, -0.2) is 33.5 Å². The van der Waals surface area contributed by atoms with Gasteiger partial charge in [-0.25, -0.2) is 4.98 Å². The van der Waals surface area contributed by atoms with Gasteiger partial charge < -0.3 is 10.0 Å². The number of nitrogens with zero attached hydrogens (tertiary/aromatic N) is 2. The van der Waals surface area contributed by atoms with Gasteiger partial charge in [0, 0.05) is 18.3 Å². The normalized spacial score (nSPS) is 18.9. The molecular weight excluding hydrogens is 288 g/mol. The van der Waals surface area contributed by atoms with Crippen LogP contribution < -0.4 is 0 Å². The second-order valence-corrected chi connectivity index (χ2v) is 6.12. The van der Waals surface area contributed by atoms with E-state index >= 15 is 0 Å². The summed E-state index contributed by atoms with van der Waals surface area (Å²) in [4.78, 5) is 18.9. The predicted molar refractivity (Wildman–Crippen MR) is 89.1 cm³/mol. The number of rotatable bonds is 4. The topological polar surface area (TPSA) is 53.4 Å². The molecule has 4 heteroatoms. The highest BCUT2D eigenvalue weighted by Crippen LogP contribution is 2.28. The van der Waals surface area contributed by atoms with E-state index in [0.717, 1.165) is 30.6 Å². The maximum atomic E-state index is 12.7. The van der Waals surface area contributed by atoms with Crippen molar-refractivity contribution in [3.8, 4) is 0 Å². The summed E-state index contributed by atoms with van der Waals surface area (Å²) < 4.78 is 0. The highest BCUT2D eigenvalue weighted by Gasteiger charge is 2.31. The molecule has 1 amide bonds. The maximum absolute atomic E-state index is 12.7. The molecule has 1 aromatic carbocycles. The molecule has 3 rings (SSSR count). The van der Waals surface area contributed by atoms with Crippen LogP contribution in [0.25, 0.3) is 0 Å². The van der Waals surface area contributed by atoms with Crippen molar-refractivity contribution in [2.75, 3.05) is 6.54 Å². The van der Waals surface area contributed by atoms with E-state index in [1.54, 1.807) is 6.07 Å². The Kier molecular flexibility index (Phi) is 4.72. The molecule has 4 nitrogen and oxygen atoms in total. The van der Waals surface area contributed by atoms with Crippen LogP contribution in [0, 0.1) is 6.92 Å². The molecule has 1 aliphatic heterocycles. The Balaban J connectivity index is 1.71. The number of aryl methyl sites for hydroxylation is 1. The minimum atomic E-state index is -0.542. The van der Waals surface area contributed by atoms with E-state index in [9.17, 15) is 9.90 Å². The van der Waals surface area contributed by atoms with Gasteiger partial charge in [-0.1, -0.05) is 36.4 Å². The lowest BCUT2D eigenvalue weighted by Crippen LogP contribution is -2.37. The summed E-state index contributed by atoms with van der Waals surface area (Å²) in [6.07, 6.45) is 1.94. The molecule has 0 radical (unpaired) electrons. The third-order valence-corrected chi connectivity index (χ3v) is 4.43. The molecule has 0 bridgehead atoms. The Labute approximate surface area is 136 Å². The summed E-state index contributed by atoms with van der Waals surface area (Å²) >= 11 is 0. The molecule has 120 valence electrons. The summed E-state index contributed by atoms with van der Waals surface area (Å²) in [5.74, 6) is -0.0311. The molecular formula is C19H22N2O2. The number of benzene rings is 1. The largest absolute Gasteiger partial charge is 0.388 e. The zero-order valence-corrected chi connectivity index (χ0v) is 13.4. The molecule has 0 saturated carbocycles. The lowest BCUT2D eigenvalue weighted by Gasteiger charge is -2.26. The van der Waals surface area contributed by atoms with E-state index in [2.05, 4.69) is 4.98 Å². The van der Waals surface area contributed by atoms with Crippen molar-refractivity contribution in [2.24, 2.45) is 0 Å². The van der Waals surface area contributed by atoms with Gasteiger partial charge >= 0.3 is 0 Å². The van der Waals surface area contributed by atoms with E-state index in [1.165, 1.54) is 0 Å². The predicted octanol–water partition coefficient (Wildman–Crippen LogP) is 3.12. The number of aliphatic hydroxyl groups is 1. The van der Waals surface area contributed by atoms with Crippen LogP contribution in [0.15, 0.2) is 48.5 Å². The van der Waals surface area contributed by atoms with Gasteiger partial charge in [-0.05, 0) is 43.9 Å². The van der Waals surface area contributed by atoms with Gasteiger partial charge in [0.25, 0.3) is 5.91 Å². The fourth-order valence-corrected chi connectivity index (χ4v) is 3.23. The molecule has 0 spiro atoms. The number of hydrogen-bond acceptors (Lipinski definition) is 3. The monoisotopic (exact) mass is 310 g/mol. The third-order valence-electron chi connectivity index (χ3n) is 4.43. The first-order valence-corrected chi connectivity index (χ1v) is 8.13. The van der Waals surface area contributed by atoms with Crippen LogP contribution in [0.3, 0.4) is 0 Å². The van der Waals surface area contributed by atoms with Gasteiger partial charge in [0.05, 0.1) is 6.10 Å². The Bertz CT molecular complexity index is 672. The first-order chi connectivity index (χ1) is 11.1. The van der Waals surface area contributed by atoms with Crippen molar-refractivity contribution in [2.45, 2.75) is 38.3 Å². The standard InChI is InChI=1S/C19H22N2O2/c1-14-7-5-11-17(20-14)19(23)21-12-6-10-16(21)13-18(22)15-8-3-2-4-9-15/h2-5,7-9,11,16,18,22H,6,10,12-13H2,1H3. The Morgan fingerprint density at radius 1 is 1.26 bits per heavy atom. The number of amides is 1. The number of pyridine rings is 1. The second kappa shape index (κ2) is 6.92. The highest BCUT2D eigenvalue weighted by molar-refractivity contribution is 5.92. The first-order valence-electron chi connectivity index (χ1n) is 8.13. The lowest BCUT2D eigenvalue weighted by molar-refractivity contribution is 0.0661. The second-order valence-electron chi connectivity index (χ2n) is 6.12. The fourth-order valence-electron chi connectivity index (χ4n) is 3.23. The zero-order valence-electron chi connectivity index (χ0n) is 13.4. The van der Waals surface area contributed by atoms with Crippen molar-refractivity contribution >= 4 is 5.91 Å². The number of aliphatic hydroxyl groups excluding tert-OH is 1. The quantitative estimate of drug-likeness (QED) is 0.944. The van der Waals surface area contributed by atoms with Gasteiger partial charge in [-0.3, -0.25) is 4.79 Å². The molecule has 2 heterocycles. The van der Waals surface area contributed by atoms with Crippen LogP contribution in [-0.2, 0) is 0 Å². The van der Waals surface area contributed by atoms with Crippen molar-refractivity contribution in [3.63, 3.8) is 0 Å². The molecule has 1 fully saturated rings. The van der Waals surface area contributed by atoms with E-state index < -0.39 is 6.10 Å². The van der Waals surface area contributed by atoms with Crippen LogP contribution in [0.5, 0.6) is 0 Å². The molecule has 23 heavy (non-hydrogen) atoms. The van der Waals surface area contributed by atoms with E-state index in [4.69, 9.17) is 0 Å². The smallest absolute Gasteiger partial charge is 0.272 e. The molecule has 2 atom stereocenters. The summed E-state index contributed by atoms with van der Waals surface area (Å²) in [7, 11) is 0. The number of likely N-dealkylation sites (tertiary alicyclic amines) is 1. The molecule has 1 aromatic heterocycles. The molecule has 1 saturated heterocycles. The highest BCUT2D eigenvalue weighted by atomic mass is 16.3. The molecule has 2 unspecified atom stereocenters. The Morgan fingerprint density at radius 3 is 2.78 bits per heavy atom. The minimum absolute atomic E-state index is 0.0311. The van der Waals surface area contributed by atoms with Crippen molar-refractivity contribution in [1.82, 2.24) is 9.88 Å². The number of aromatic nitrogens is 1. The van der Waals surface area contributed by atoms with Crippen LogP contribution in [0.1, 0.15) is 47.1 Å². The fraction of sp³-hybridized carbons (Fsp3) is 0.368. The number of carbonyl (C=O) groups is 1. The van der Waals surface area contributed by atoms with Crippen LogP contribution in [0.2, 0.25) is 0 Å². The zero-order chi connectivity index (χ0) is 16.2. The van der Waals surface area contributed by atoms with E-state index in [-0.39, 0.29) is 11.9 Å². The third kappa shape index (κ3) is 3.59. The molecule has 1 N–H and O–H groups in total. The van der Waals surface area contributed by atoms with Gasteiger partial charge in [0.2, 0.25) is 0 Å². The number of hydrogen-bond donors (Lipinski definition) is 1. The van der Waals surface area contributed by atoms with Crippen molar-refractivity contribution in [3.05, 3.63) is 65.5 Å². The maximum Gasteiger partial charge on any atom is 0.272 e. The summed E-state index contributed by atoms with van der Waals surface area (Å²) in [5.41, 5.74) is 2.24. The molecule has 0 aliphatic carbocycles. The van der Waals surface area contributed by atoms with Crippen LogP contribution >= 0.6 is 0 Å². The van der Waals surface area contributed by atoms with E-state index in [1.807, 2.05) is 54.3 Å². The Hall–Kier alpha value is -2.20. The molecule has 1 aliphatic rings. The van der Waals surface area contributed by atoms with Crippen LogP contribution in [0.4, 0.5) is 0 Å². The molecule has 2 aromatic rings. The van der Waals surface area contributed by atoms with Gasteiger partial charge in [0.15, 0.2) is 0 Å². The number of carbonyl (C=O) groups excluding carboxylic acids is 1. The van der Waals surface area contributed by atoms with Crippen molar-refractivity contribution < 1.29 is 9.90 Å². The lowest BCUT2D eigenvalue weighted by atomic mass is 10.0. The summed E-state index contributed by atoms with van der Waals surface area (Å²) in [6.45, 7) is 2.62. The Morgan fingerprint density at radius 2 is 2.04 bits per heavy atom. The van der Waals surface area contributed by atoms with E-state index in [0.29, 0.717) is 12.1 Å². The van der Waals surface area contributed by atoms with Crippen molar-refractivity contribution in [1.29, 1.82) is 0 Å². The van der Waals surface area contributed by atoms with Gasteiger partial charge in [-0.15, -0.1) is 0 Å².